The lowest BCUT2D eigenvalue weighted by atomic mass is 10.1. The Morgan fingerprint density at radius 3 is 2.28 bits per heavy atom. The number of thiol groups is 1. The summed E-state index contributed by atoms with van der Waals surface area (Å²) in [6, 6.07) is 7.83. The maximum atomic E-state index is 12.4. The van der Waals surface area contributed by atoms with E-state index in [0.717, 1.165) is 17.7 Å². The molecule has 8 heteroatoms. The van der Waals surface area contributed by atoms with Gasteiger partial charge in [0.25, 0.3) is 5.56 Å². The van der Waals surface area contributed by atoms with Crippen LogP contribution in [-0.4, -0.2) is 17.8 Å². The van der Waals surface area contributed by atoms with Crippen LogP contribution < -0.4 is 10.9 Å². The van der Waals surface area contributed by atoms with Crippen LogP contribution in [0.4, 0.5) is 13.2 Å². The molecule has 1 atom stereocenters. The Morgan fingerprint density at radius 2 is 1.84 bits per heavy atom. The Balaban J connectivity index is 0.000000185. The van der Waals surface area contributed by atoms with Gasteiger partial charge in [-0.05, 0) is 43.7 Å². The average Bonchev–Trinajstić information content (AvgIpc) is 3.34. The largest absolute Gasteiger partial charge is 0.407 e. The fraction of sp³-hybridized carbons (Fsp3) is 0.353. The van der Waals surface area contributed by atoms with Gasteiger partial charge in [0.15, 0.2) is 0 Å². The maximum absolute atomic E-state index is 12.4. The van der Waals surface area contributed by atoms with E-state index in [1.54, 1.807) is 10.6 Å². The molecule has 1 aliphatic rings. The number of hydrogen-bond acceptors (Lipinski definition) is 3. The Hall–Kier alpha value is -1.44. The van der Waals surface area contributed by atoms with Crippen LogP contribution in [0.5, 0.6) is 0 Å². The van der Waals surface area contributed by atoms with Crippen molar-refractivity contribution in [1.29, 1.82) is 0 Å². The van der Waals surface area contributed by atoms with Gasteiger partial charge in [0.2, 0.25) is 0 Å². The number of pyridine rings is 1. The molecule has 2 aromatic rings. The van der Waals surface area contributed by atoms with Gasteiger partial charge in [-0.1, -0.05) is 23.7 Å². The highest BCUT2D eigenvalue weighted by Gasteiger charge is 2.39. The quantitative estimate of drug-likeness (QED) is 0.749. The minimum atomic E-state index is -4.29. The molecule has 136 valence electrons. The highest BCUT2D eigenvalue weighted by Crippen LogP contribution is 2.33. The third-order valence-electron chi connectivity index (χ3n) is 3.69. The second kappa shape index (κ2) is 8.29. The smallest absolute Gasteiger partial charge is 0.312 e. The van der Waals surface area contributed by atoms with E-state index < -0.39 is 12.2 Å². The van der Waals surface area contributed by atoms with Crippen LogP contribution in [0, 0.1) is 0 Å². The Bertz CT molecular complexity index is 758. The third kappa shape index (κ3) is 5.80. The molecule has 0 radical (unpaired) electrons. The van der Waals surface area contributed by atoms with Crippen LogP contribution in [0.2, 0.25) is 5.02 Å². The van der Waals surface area contributed by atoms with Crippen molar-refractivity contribution >= 4 is 24.2 Å². The lowest BCUT2D eigenvalue weighted by molar-refractivity contribution is -0.156. The zero-order valence-corrected chi connectivity index (χ0v) is 15.1. The van der Waals surface area contributed by atoms with Gasteiger partial charge in [-0.3, -0.25) is 4.79 Å². The van der Waals surface area contributed by atoms with Crippen LogP contribution in [0.25, 0.3) is 0 Å². The molecule has 1 N–H and O–H groups in total. The van der Waals surface area contributed by atoms with E-state index in [4.69, 9.17) is 11.6 Å². The lowest BCUT2D eigenvalue weighted by Gasteiger charge is -2.19. The zero-order chi connectivity index (χ0) is 18.6. The van der Waals surface area contributed by atoms with Crippen LogP contribution in [0.15, 0.2) is 52.3 Å². The monoisotopic (exact) mass is 390 g/mol. The molecule has 1 fully saturated rings. The summed E-state index contributed by atoms with van der Waals surface area (Å²) in [5, 5.41) is 2.63. The number of aromatic nitrogens is 1. The fourth-order valence-electron chi connectivity index (χ4n) is 2.31. The molecule has 0 saturated heterocycles. The SMILES string of the molecule is CN[C@H](c1ccc(Cl)cc1)C(F)(F)F.O=c1cc(S)ccn1C1CC1. The van der Waals surface area contributed by atoms with Crippen LogP contribution in [-0.2, 0) is 0 Å². The standard InChI is InChI=1S/C9H9ClF3N.C8H9NOS/c1-14-8(9(11,12)13)6-2-4-7(10)5-3-6;10-8-5-7(11)3-4-9(8)6-1-2-6/h2-5,8,14H,1H3;3-6,11H,1-2H2/t8-;/m1./s1. The van der Waals surface area contributed by atoms with Gasteiger partial charge in [0.05, 0.1) is 0 Å². The molecular formula is C17H18ClF3N2OS. The molecule has 1 aromatic heterocycles. The van der Waals surface area contributed by atoms with Crippen molar-refractivity contribution in [3.05, 3.63) is 63.5 Å². The molecule has 3 rings (SSSR count). The summed E-state index contributed by atoms with van der Waals surface area (Å²) in [5.41, 5.74) is 0.226. The molecule has 1 aromatic carbocycles. The van der Waals surface area contributed by atoms with Crippen LogP contribution in [0.1, 0.15) is 30.5 Å². The van der Waals surface area contributed by atoms with E-state index in [2.05, 4.69) is 17.9 Å². The van der Waals surface area contributed by atoms with Gasteiger partial charge in [0.1, 0.15) is 6.04 Å². The summed E-state index contributed by atoms with van der Waals surface area (Å²) < 4.78 is 39.0. The number of halogens is 4. The first kappa shape index (κ1) is 19.9. The number of alkyl halides is 3. The molecule has 1 aliphatic carbocycles. The van der Waals surface area contributed by atoms with Gasteiger partial charge in [0, 0.05) is 28.2 Å². The van der Waals surface area contributed by atoms with Crippen LogP contribution >= 0.6 is 24.2 Å². The fourth-order valence-corrected chi connectivity index (χ4v) is 2.61. The van der Waals surface area contributed by atoms with E-state index in [-0.39, 0.29) is 11.1 Å². The van der Waals surface area contributed by atoms with Gasteiger partial charge in [-0.2, -0.15) is 13.2 Å². The van der Waals surface area contributed by atoms with E-state index in [1.807, 2.05) is 12.3 Å². The maximum Gasteiger partial charge on any atom is 0.407 e. The predicted octanol–water partition coefficient (Wildman–Crippen LogP) is 4.63. The summed E-state index contributed by atoms with van der Waals surface area (Å²) in [6.45, 7) is 0. The van der Waals surface area contributed by atoms with E-state index >= 15 is 0 Å². The molecular weight excluding hydrogens is 373 g/mol. The highest BCUT2D eigenvalue weighted by molar-refractivity contribution is 7.80. The normalized spacial score (nSPS) is 15.3. The van der Waals surface area contributed by atoms with Crippen molar-refractivity contribution in [2.24, 2.45) is 0 Å². The molecule has 0 spiro atoms. The summed E-state index contributed by atoms with van der Waals surface area (Å²) in [6.07, 6.45) is -0.178. The molecule has 25 heavy (non-hydrogen) atoms. The molecule has 0 bridgehead atoms. The van der Waals surface area contributed by atoms with E-state index in [1.165, 1.54) is 31.3 Å². The van der Waals surface area contributed by atoms with Crippen molar-refractivity contribution in [2.75, 3.05) is 7.05 Å². The number of nitrogens with zero attached hydrogens (tertiary/aromatic N) is 1. The molecule has 1 saturated carbocycles. The second-order valence-electron chi connectivity index (χ2n) is 5.68. The Kier molecular flexibility index (Phi) is 6.59. The molecule has 1 heterocycles. The zero-order valence-electron chi connectivity index (χ0n) is 13.4. The van der Waals surface area contributed by atoms with Crippen molar-refractivity contribution in [2.45, 2.75) is 36.0 Å². The lowest BCUT2D eigenvalue weighted by Crippen LogP contribution is -2.31. The highest BCUT2D eigenvalue weighted by atomic mass is 35.5. The Labute approximate surface area is 154 Å². The average molecular weight is 391 g/mol. The summed E-state index contributed by atoms with van der Waals surface area (Å²) in [7, 11) is 1.27. The molecule has 0 aliphatic heterocycles. The first-order chi connectivity index (χ1) is 11.7. The summed E-state index contributed by atoms with van der Waals surface area (Å²) in [5.74, 6) is 0. The van der Waals surface area contributed by atoms with Gasteiger partial charge < -0.3 is 9.88 Å². The van der Waals surface area contributed by atoms with Crippen molar-refractivity contribution < 1.29 is 13.2 Å². The van der Waals surface area contributed by atoms with Gasteiger partial charge >= 0.3 is 6.18 Å². The van der Waals surface area contributed by atoms with Gasteiger partial charge in [-0.15, -0.1) is 12.6 Å². The second-order valence-corrected chi connectivity index (χ2v) is 6.63. The number of benzene rings is 1. The summed E-state index contributed by atoms with van der Waals surface area (Å²) >= 11 is 9.65. The molecule has 0 unspecified atom stereocenters. The number of rotatable bonds is 3. The first-order valence-corrected chi connectivity index (χ1v) is 8.45. The topological polar surface area (TPSA) is 34.0 Å². The number of nitrogens with one attached hydrogen (secondary N) is 1. The predicted molar refractivity (Wildman–Crippen MR) is 95.5 cm³/mol. The first-order valence-electron chi connectivity index (χ1n) is 7.63. The van der Waals surface area contributed by atoms with Crippen LogP contribution in [0.3, 0.4) is 0 Å². The van der Waals surface area contributed by atoms with Gasteiger partial charge in [-0.25, -0.2) is 0 Å². The minimum Gasteiger partial charge on any atom is -0.312 e. The van der Waals surface area contributed by atoms with Crippen molar-refractivity contribution in [3.63, 3.8) is 0 Å². The van der Waals surface area contributed by atoms with Crippen molar-refractivity contribution in [3.8, 4) is 0 Å². The molecule has 0 amide bonds. The molecule has 3 nitrogen and oxygen atoms in total. The van der Waals surface area contributed by atoms with Crippen molar-refractivity contribution in [1.82, 2.24) is 9.88 Å². The number of hydrogen-bond donors (Lipinski definition) is 2. The van der Waals surface area contributed by atoms with E-state index in [0.29, 0.717) is 11.1 Å². The summed E-state index contributed by atoms with van der Waals surface area (Å²) in [4.78, 5) is 12.0. The minimum absolute atomic E-state index is 0.0694. The van der Waals surface area contributed by atoms with E-state index in [9.17, 15) is 18.0 Å². The Morgan fingerprint density at radius 1 is 1.24 bits per heavy atom. The third-order valence-corrected chi connectivity index (χ3v) is 4.22.